The number of hydrogen-bond acceptors (Lipinski definition) is 4. The molecule has 1 heterocycles. The Hall–Kier alpha value is -1.70. The normalized spacial score (nSPS) is 13.0. The van der Waals surface area contributed by atoms with Crippen LogP contribution in [0.1, 0.15) is 33.8 Å². The van der Waals surface area contributed by atoms with Crippen molar-refractivity contribution >= 4 is 27.3 Å². The fraction of sp³-hybridized carbons (Fsp3) is 0.214. The summed E-state index contributed by atoms with van der Waals surface area (Å²) in [5.74, 6) is -1.32. The standard InChI is InChI=1S/C14H15NO4S2/c1-10(13-6-3-7-20-13)15-21(18,19)9-11-4-2-5-12(8-11)14(16)17/h2-8,10,15H,9H2,1H3,(H,16,17). The van der Waals surface area contributed by atoms with Gasteiger partial charge in [0.25, 0.3) is 0 Å². The number of sulfonamides is 1. The molecule has 0 aliphatic carbocycles. The van der Waals surface area contributed by atoms with E-state index in [-0.39, 0.29) is 17.4 Å². The highest BCUT2D eigenvalue weighted by atomic mass is 32.2. The molecule has 2 rings (SSSR count). The number of carbonyl (C=O) groups is 1. The van der Waals surface area contributed by atoms with Crippen LogP contribution in [0.4, 0.5) is 0 Å². The maximum atomic E-state index is 12.1. The molecular formula is C14H15NO4S2. The molecule has 5 nitrogen and oxygen atoms in total. The summed E-state index contributed by atoms with van der Waals surface area (Å²) in [5.41, 5.74) is 0.523. The van der Waals surface area contributed by atoms with Crippen LogP contribution in [0.15, 0.2) is 41.8 Å². The Morgan fingerprint density at radius 1 is 1.33 bits per heavy atom. The van der Waals surface area contributed by atoms with Gasteiger partial charge < -0.3 is 5.11 Å². The molecule has 112 valence electrons. The van der Waals surface area contributed by atoms with E-state index in [0.717, 1.165) is 4.88 Å². The van der Waals surface area contributed by atoms with E-state index in [0.29, 0.717) is 5.56 Å². The summed E-state index contributed by atoms with van der Waals surface area (Å²) >= 11 is 1.48. The van der Waals surface area contributed by atoms with Gasteiger partial charge in [-0.2, -0.15) is 0 Å². The molecule has 0 fully saturated rings. The van der Waals surface area contributed by atoms with E-state index in [9.17, 15) is 13.2 Å². The molecule has 0 saturated carbocycles. The minimum atomic E-state index is -3.54. The Bertz CT molecular complexity index is 723. The van der Waals surface area contributed by atoms with E-state index in [2.05, 4.69) is 4.72 Å². The zero-order chi connectivity index (χ0) is 15.5. The number of aromatic carboxylic acids is 1. The topological polar surface area (TPSA) is 83.5 Å². The first-order chi connectivity index (χ1) is 9.87. The van der Waals surface area contributed by atoms with Gasteiger partial charge in [0.1, 0.15) is 0 Å². The van der Waals surface area contributed by atoms with E-state index in [1.54, 1.807) is 13.0 Å². The highest BCUT2D eigenvalue weighted by Gasteiger charge is 2.17. The predicted molar refractivity (Wildman–Crippen MR) is 81.9 cm³/mol. The lowest BCUT2D eigenvalue weighted by molar-refractivity contribution is 0.0696. The Morgan fingerprint density at radius 2 is 2.10 bits per heavy atom. The average molecular weight is 325 g/mol. The van der Waals surface area contributed by atoms with Gasteiger partial charge in [0, 0.05) is 4.88 Å². The van der Waals surface area contributed by atoms with Gasteiger partial charge in [0.15, 0.2) is 0 Å². The van der Waals surface area contributed by atoms with Crippen molar-refractivity contribution in [1.82, 2.24) is 4.72 Å². The van der Waals surface area contributed by atoms with Gasteiger partial charge in [-0.1, -0.05) is 18.2 Å². The zero-order valence-electron chi connectivity index (χ0n) is 11.3. The summed E-state index contributed by atoms with van der Waals surface area (Å²) < 4.78 is 26.9. The molecule has 0 spiro atoms. The average Bonchev–Trinajstić information content (AvgIpc) is 2.91. The lowest BCUT2D eigenvalue weighted by Gasteiger charge is -2.13. The fourth-order valence-corrected chi connectivity index (χ4v) is 4.10. The van der Waals surface area contributed by atoms with Crippen LogP contribution >= 0.6 is 11.3 Å². The van der Waals surface area contributed by atoms with Crippen molar-refractivity contribution in [2.24, 2.45) is 0 Å². The Labute approximate surface area is 127 Å². The van der Waals surface area contributed by atoms with Crippen LogP contribution in [0.5, 0.6) is 0 Å². The van der Waals surface area contributed by atoms with Gasteiger partial charge >= 0.3 is 5.97 Å². The number of carboxylic acid groups (broad SMARTS) is 1. The zero-order valence-corrected chi connectivity index (χ0v) is 12.9. The number of rotatable bonds is 6. The van der Waals surface area contributed by atoms with Crippen LogP contribution < -0.4 is 4.72 Å². The minimum absolute atomic E-state index is 0.0778. The van der Waals surface area contributed by atoms with Crippen molar-refractivity contribution in [1.29, 1.82) is 0 Å². The van der Waals surface area contributed by atoms with Crippen molar-refractivity contribution in [2.75, 3.05) is 0 Å². The van der Waals surface area contributed by atoms with Crippen LogP contribution in [0.3, 0.4) is 0 Å². The lowest BCUT2D eigenvalue weighted by atomic mass is 10.1. The molecule has 1 unspecified atom stereocenters. The Balaban J connectivity index is 2.10. The van der Waals surface area contributed by atoms with Gasteiger partial charge in [-0.05, 0) is 36.1 Å². The van der Waals surface area contributed by atoms with Crippen LogP contribution in [0.2, 0.25) is 0 Å². The summed E-state index contributed by atoms with van der Waals surface area (Å²) in [5, 5.41) is 10.8. The quantitative estimate of drug-likeness (QED) is 0.855. The molecule has 0 bridgehead atoms. The molecule has 0 aliphatic rings. The van der Waals surface area contributed by atoms with E-state index >= 15 is 0 Å². The molecule has 0 amide bonds. The van der Waals surface area contributed by atoms with Gasteiger partial charge in [-0.15, -0.1) is 11.3 Å². The monoisotopic (exact) mass is 325 g/mol. The maximum absolute atomic E-state index is 12.1. The molecule has 1 atom stereocenters. The van der Waals surface area contributed by atoms with Crippen molar-refractivity contribution in [3.8, 4) is 0 Å². The van der Waals surface area contributed by atoms with E-state index in [1.165, 1.54) is 29.5 Å². The number of thiophene rings is 1. The first-order valence-corrected chi connectivity index (χ1v) is 8.76. The first kappa shape index (κ1) is 15.7. The number of carboxylic acids is 1. The summed E-state index contributed by atoms with van der Waals surface area (Å²) in [6.07, 6.45) is 0. The van der Waals surface area contributed by atoms with E-state index in [1.807, 2.05) is 17.5 Å². The highest BCUT2D eigenvalue weighted by molar-refractivity contribution is 7.88. The number of hydrogen-bond donors (Lipinski definition) is 2. The van der Waals surface area contributed by atoms with Gasteiger partial charge in [0.05, 0.1) is 17.4 Å². The second-order valence-electron chi connectivity index (χ2n) is 4.62. The highest BCUT2D eigenvalue weighted by Crippen LogP contribution is 2.20. The number of nitrogens with one attached hydrogen (secondary N) is 1. The molecule has 1 aromatic heterocycles. The minimum Gasteiger partial charge on any atom is -0.478 e. The fourth-order valence-electron chi connectivity index (χ4n) is 1.92. The SMILES string of the molecule is CC(NS(=O)(=O)Cc1cccc(C(=O)O)c1)c1cccs1. The van der Waals surface area contributed by atoms with Gasteiger partial charge in [-0.3, -0.25) is 0 Å². The molecule has 21 heavy (non-hydrogen) atoms. The van der Waals surface area contributed by atoms with Crippen molar-refractivity contribution in [3.05, 3.63) is 57.8 Å². The maximum Gasteiger partial charge on any atom is 0.335 e. The van der Waals surface area contributed by atoms with Crippen molar-refractivity contribution in [3.63, 3.8) is 0 Å². The van der Waals surface area contributed by atoms with Gasteiger partial charge in [0.2, 0.25) is 10.0 Å². The molecule has 1 aromatic carbocycles. The smallest absolute Gasteiger partial charge is 0.335 e. The summed E-state index contributed by atoms with van der Waals surface area (Å²) in [6.45, 7) is 1.77. The van der Waals surface area contributed by atoms with Crippen LogP contribution in [-0.4, -0.2) is 19.5 Å². The van der Waals surface area contributed by atoms with Gasteiger partial charge in [-0.25, -0.2) is 17.9 Å². The van der Waals surface area contributed by atoms with E-state index in [4.69, 9.17) is 5.11 Å². The largest absolute Gasteiger partial charge is 0.478 e. The van der Waals surface area contributed by atoms with E-state index < -0.39 is 16.0 Å². The van der Waals surface area contributed by atoms with Crippen LogP contribution in [0, 0.1) is 0 Å². The molecule has 2 N–H and O–H groups in total. The second kappa shape index (κ2) is 6.38. The first-order valence-electron chi connectivity index (χ1n) is 6.23. The second-order valence-corrected chi connectivity index (χ2v) is 7.35. The van der Waals surface area contributed by atoms with Crippen LogP contribution in [-0.2, 0) is 15.8 Å². The van der Waals surface area contributed by atoms with Crippen molar-refractivity contribution in [2.45, 2.75) is 18.7 Å². The molecule has 0 saturated heterocycles. The summed E-state index contributed by atoms with van der Waals surface area (Å²) in [6, 6.07) is 9.36. The number of benzene rings is 1. The third-order valence-corrected chi connectivity index (χ3v) is 5.34. The molecule has 0 radical (unpaired) electrons. The summed E-state index contributed by atoms with van der Waals surface area (Å²) in [7, 11) is -3.54. The Morgan fingerprint density at radius 3 is 2.71 bits per heavy atom. The molecular weight excluding hydrogens is 310 g/mol. The molecule has 7 heteroatoms. The van der Waals surface area contributed by atoms with Crippen molar-refractivity contribution < 1.29 is 18.3 Å². The third-order valence-electron chi connectivity index (χ3n) is 2.86. The lowest BCUT2D eigenvalue weighted by Crippen LogP contribution is -2.27. The van der Waals surface area contributed by atoms with Crippen LogP contribution in [0.25, 0.3) is 0 Å². The third kappa shape index (κ3) is 4.38. The molecule has 0 aliphatic heterocycles. The predicted octanol–water partition coefficient (Wildman–Crippen LogP) is 2.63. The summed E-state index contributed by atoms with van der Waals surface area (Å²) in [4.78, 5) is 11.8. The Kier molecular flexibility index (Phi) is 4.76. The molecule has 2 aromatic rings.